The highest BCUT2D eigenvalue weighted by atomic mass is 35.5. The summed E-state index contributed by atoms with van der Waals surface area (Å²) in [6.45, 7) is 2.30. The molecule has 22 heavy (non-hydrogen) atoms. The fourth-order valence-electron chi connectivity index (χ4n) is 1.67. The summed E-state index contributed by atoms with van der Waals surface area (Å²) < 4.78 is 0. The lowest BCUT2D eigenvalue weighted by molar-refractivity contribution is -0.116. The molecular weight excluding hydrogens is 302 g/mol. The van der Waals surface area contributed by atoms with E-state index in [9.17, 15) is 4.79 Å². The van der Waals surface area contributed by atoms with Gasteiger partial charge in [0.15, 0.2) is 0 Å². The quantitative estimate of drug-likeness (QED) is 0.885. The Morgan fingerprint density at radius 1 is 1.36 bits per heavy atom. The van der Waals surface area contributed by atoms with Gasteiger partial charge in [0.25, 0.3) is 0 Å². The molecule has 0 aliphatic rings. The number of nitriles is 1. The molecule has 2 rings (SSSR count). The Kier molecular flexibility index (Phi) is 5.28. The number of amides is 1. The van der Waals surface area contributed by atoms with Crippen LogP contribution in [-0.4, -0.2) is 22.4 Å². The molecule has 0 unspecified atom stereocenters. The first-order valence-corrected chi connectivity index (χ1v) is 6.98. The normalized spacial score (nSPS) is 9.86. The third-order valence-electron chi connectivity index (χ3n) is 2.79. The van der Waals surface area contributed by atoms with Crippen LogP contribution < -0.4 is 10.6 Å². The van der Waals surface area contributed by atoms with Crippen molar-refractivity contribution in [3.05, 3.63) is 46.7 Å². The lowest BCUT2D eigenvalue weighted by Crippen LogP contribution is -2.17. The molecule has 2 N–H and O–H groups in total. The number of aromatic nitrogens is 2. The maximum atomic E-state index is 11.8. The zero-order valence-corrected chi connectivity index (χ0v) is 12.7. The summed E-state index contributed by atoms with van der Waals surface area (Å²) in [5.41, 5.74) is 1.42. The molecule has 2 aromatic heterocycles. The van der Waals surface area contributed by atoms with Gasteiger partial charge in [-0.1, -0.05) is 17.7 Å². The van der Waals surface area contributed by atoms with E-state index < -0.39 is 0 Å². The number of rotatable bonds is 5. The molecule has 1 amide bonds. The maximum absolute atomic E-state index is 11.8. The number of carbonyl (C=O) groups excluding carboxylic acids is 1. The van der Waals surface area contributed by atoms with Crippen LogP contribution >= 0.6 is 11.6 Å². The van der Waals surface area contributed by atoms with Gasteiger partial charge in [-0.15, -0.1) is 0 Å². The second-order valence-corrected chi connectivity index (χ2v) is 5.02. The van der Waals surface area contributed by atoms with E-state index in [1.54, 1.807) is 12.3 Å². The highest BCUT2D eigenvalue weighted by Crippen LogP contribution is 2.19. The highest BCUT2D eigenvalue weighted by Gasteiger charge is 2.06. The van der Waals surface area contributed by atoms with Gasteiger partial charge in [0.2, 0.25) is 5.91 Å². The molecule has 0 radical (unpaired) electrons. The van der Waals surface area contributed by atoms with E-state index in [0.717, 1.165) is 5.56 Å². The van der Waals surface area contributed by atoms with Crippen LogP contribution in [0.3, 0.4) is 0 Å². The van der Waals surface area contributed by atoms with Gasteiger partial charge in [-0.2, -0.15) is 5.26 Å². The van der Waals surface area contributed by atoms with Crippen LogP contribution in [0.2, 0.25) is 5.02 Å². The average molecular weight is 316 g/mol. The first-order chi connectivity index (χ1) is 10.6. The number of hydrogen-bond donors (Lipinski definition) is 2. The standard InChI is InChI=1S/C15H14ClN5O/c1-10-2-3-13(19-8-10)21-14(22)4-5-18-15-12(16)6-11(7-17)9-20-15/h2-3,6,8-9H,4-5H2,1H3,(H,18,20)(H,19,21,22). The van der Waals surface area contributed by atoms with E-state index >= 15 is 0 Å². The van der Waals surface area contributed by atoms with Crippen molar-refractivity contribution in [1.82, 2.24) is 9.97 Å². The Morgan fingerprint density at radius 2 is 2.18 bits per heavy atom. The molecular formula is C15H14ClN5O. The summed E-state index contributed by atoms with van der Waals surface area (Å²) in [4.78, 5) is 19.9. The Hall–Kier alpha value is -2.65. The molecule has 2 aromatic rings. The van der Waals surface area contributed by atoms with Crippen LogP contribution in [0.1, 0.15) is 17.5 Å². The van der Waals surface area contributed by atoms with Crippen LogP contribution in [0.5, 0.6) is 0 Å². The number of anilines is 2. The van der Waals surface area contributed by atoms with E-state index in [1.165, 1.54) is 12.3 Å². The van der Waals surface area contributed by atoms with E-state index in [4.69, 9.17) is 16.9 Å². The van der Waals surface area contributed by atoms with Gasteiger partial charge in [0.1, 0.15) is 17.7 Å². The Labute approximate surface area is 133 Å². The topological polar surface area (TPSA) is 90.7 Å². The van der Waals surface area contributed by atoms with Gasteiger partial charge >= 0.3 is 0 Å². The average Bonchev–Trinajstić information content (AvgIpc) is 2.51. The Morgan fingerprint density at radius 3 is 2.82 bits per heavy atom. The van der Waals surface area contributed by atoms with Crippen molar-refractivity contribution >= 4 is 29.1 Å². The summed E-state index contributed by atoms with van der Waals surface area (Å²) in [5, 5.41) is 14.7. The Bertz CT molecular complexity index is 709. The van der Waals surface area contributed by atoms with Crippen molar-refractivity contribution in [2.24, 2.45) is 0 Å². The monoisotopic (exact) mass is 315 g/mol. The lowest BCUT2D eigenvalue weighted by Gasteiger charge is -2.08. The molecule has 0 saturated heterocycles. The van der Waals surface area contributed by atoms with Crippen LogP contribution in [-0.2, 0) is 4.79 Å². The molecule has 6 nitrogen and oxygen atoms in total. The molecule has 0 atom stereocenters. The third-order valence-corrected chi connectivity index (χ3v) is 3.08. The molecule has 0 spiro atoms. The number of nitrogens with zero attached hydrogens (tertiary/aromatic N) is 3. The second-order valence-electron chi connectivity index (χ2n) is 4.61. The second kappa shape index (κ2) is 7.38. The summed E-state index contributed by atoms with van der Waals surface area (Å²) in [5.74, 6) is 0.806. The van der Waals surface area contributed by atoms with Crippen LogP contribution in [0, 0.1) is 18.3 Å². The minimum Gasteiger partial charge on any atom is -0.368 e. The zero-order valence-electron chi connectivity index (χ0n) is 11.9. The number of hydrogen-bond acceptors (Lipinski definition) is 5. The summed E-state index contributed by atoms with van der Waals surface area (Å²) >= 11 is 5.98. The predicted octanol–water partition coefficient (Wildman–Crippen LogP) is 2.75. The first kappa shape index (κ1) is 15.7. The molecule has 112 valence electrons. The van der Waals surface area contributed by atoms with E-state index in [0.29, 0.717) is 28.8 Å². The number of pyridine rings is 2. The Balaban J connectivity index is 1.82. The van der Waals surface area contributed by atoms with Gasteiger partial charge in [0.05, 0.1) is 10.6 Å². The largest absolute Gasteiger partial charge is 0.368 e. The van der Waals surface area contributed by atoms with Crippen LogP contribution in [0.25, 0.3) is 0 Å². The van der Waals surface area contributed by atoms with Gasteiger partial charge in [-0.25, -0.2) is 9.97 Å². The van der Waals surface area contributed by atoms with Gasteiger partial charge in [0, 0.05) is 25.4 Å². The molecule has 0 fully saturated rings. The number of carbonyl (C=O) groups is 1. The highest BCUT2D eigenvalue weighted by molar-refractivity contribution is 6.33. The third kappa shape index (κ3) is 4.43. The molecule has 0 aromatic carbocycles. The van der Waals surface area contributed by atoms with Crippen molar-refractivity contribution in [3.8, 4) is 6.07 Å². The van der Waals surface area contributed by atoms with E-state index in [2.05, 4.69) is 20.6 Å². The number of halogens is 1. The minimum atomic E-state index is -0.159. The summed E-state index contributed by atoms with van der Waals surface area (Å²) in [6, 6.07) is 7.10. The summed E-state index contributed by atoms with van der Waals surface area (Å²) in [6.07, 6.45) is 3.35. The van der Waals surface area contributed by atoms with Gasteiger partial charge in [-0.3, -0.25) is 4.79 Å². The molecule has 0 saturated carbocycles. The molecule has 2 heterocycles. The lowest BCUT2D eigenvalue weighted by atomic mass is 10.3. The van der Waals surface area contributed by atoms with Gasteiger partial charge < -0.3 is 10.6 Å². The maximum Gasteiger partial charge on any atom is 0.227 e. The van der Waals surface area contributed by atoms with Crippen molar-refractivity contribution in [1.29, 1.82) is 5.26 Å². The van der Waals surface area contributed by atoms with Crippen molar-refractivity contribution in [3.63, 3.8) is 0 Å². The minimum absolute atomic E-state index is 0.159. The molecule has 0 aliphatic heterocycles. The van der Waals surface area contributed by atoms with Crippen molar-refractivity contribution in [2.75, 3.05) is 17.2 Å². The number of aryl methyl sites for hydroxylation is 1. The first-order valence-electron chi connectivity index (χ1n) is 6.60. The SMILES string of the molecule is Cc1ccc(NC(=O)CCNc2ncc(C#N)cc2Cl)nc1. The molecule has 0 aliphatic carbocycles. The van der Waals surface area contributed by atoms with Crippen molar-refractivity contribution < 1.29 is 4.79 Å². The van der Waals surface area contributed by atoms with Crippen LogP contribution in [0.15, 0.2) is 30.6 Å². The van der Waals surface area contributed by atoms with E-state index in [1.807, 2.05) is 19.1 Å². The predicted molar refractivity (Wildman–Crippen MR) is 84.7 cm³/mol. The van der Waals surface area contributed by atoms with Crippen molar-refractivity contribution in [2.45, 2.75) is 13.3 Å². The zero-order chi connectivity index (χ0) is 15.9. The molecule has 7 heteroatoms. The molecule has 0 bridgehead atoms. The number of nitrogens with one attached hydrogen (secondary N) is 2. The van der Waals surface area contributed by atoms with Crippen LogP contribution in [0.4, 0.5) is 11.6 Å². The summed E-state index contributed by atoms with van der Waals surface area (Å²) in [7, 11) is 0. The smallest absolute Gasteiger partial charge is 0.227 e. The van der Waals surface area contributed by atoms with Gasteiger partial charge in [-0.05, 0) is 24.6 Å². The fourth-order valence-corrected chi connectivity index (χ4v) is 1.90. The fraction of sp³-hybridized carbons (Fsp3) is 0.200. The van der Waals surface area contributed by atoms with E-state index in [-0.39, 0.29) is 12.3 Å².